The van der Waals surface area contributed by atoms with Crippen LogP contribution >= 0.6 is 0 Å². The molecule has 0 amide bonds. The molecule has 0 aromatic carbocycles. The largest absolute Gasteiger partial charge is 0.377 e. The molecule has 0 radical (unpaired) electrons. The van der Waals surface area contributed by atoms with Crippen LogP contribution in [-0.2, 0) is 4.74 Å². The van der Waals surface area contributed by atoms with E-state index < -0.39 is 0 Å². The predicted molar refractivity (Wildman–Crippen MR) is 64.2 cm³/mol. The summed E-state index contributed by atoms with van der Waals surface area (Å²) >= 11 is 0. The molecular formula is C12H26N2O. The Hall–Kier alpha value is -0.120. The summed E-state index contributed by atoms with van der Waals surface area (Å²) in [6.07, 6.45) is 2.92. The van der Waals surface area contributed by atoms with Gasteiger partial charge in [-0.2, -0.15) is 0 Å². The fourth-order valence-corrected chi connectivity index (χ4v) is 2.07. The molecule has 3 nitrogen and oxygen atoms in total. The van der Waals surface area contributed by atoms with Crippen molar-refractivity contribution in [1.82, 2.24) is 10.2 Å². The van der Waals surface area contributed by atoms with Crippen LogP contribution in [-0.4, -0.2) is 49.8 Å². The van der Waals surface area contributed by atoms with Crippen LogP contribution in [0.4, 0.5) is 0 Å². The first kappa shape index (κ1) is 12.9. The van der Waals surface area contributed by atoms with Crippen LogP contribution in [0.5, 0.6) is 0 Å². The Bertz CT molecular complexity index is 154. The predicted octanol–water partition coefficient (Wildman–Crippen LogP) is 1.49. The fourth-order valence-electron chi connectivity index (χ4n) is 2.07. The van der Waals surface area contributed by atoms with Gasteiger partial charge in [0.15, 0.2) is 0 Å². The van der Waals surface area contributed by atoms with Gasteiger partial charge in [-0.05, 0) is 32.9 Å². The minimum Gasteiger partial charge on any atom is -0.377 e. The molecule has 1 aliphatic rings. The number of hydrogen-bond acceptors (Lipinski definition) is 3. The molecule has 1 fully saturated rings. The highest BCUT2D eigenvalue weighted by Gasteiger charge is 2.16. The second-order valence-corrected chi connectivity index (χ2v) is 4.43. The standard InChI is InChI=1S/C12H26N2O/c1-4-14(5-2)10-11(3)13-9-12-7-6-8-15-12/h11-13H,4-10H2,1-3H3/t11?,12-/m1/s1. The zero-order valence-electron chi connectivity index (χ0n) is 10.5. The van der Waals surface area contributed by atoms with Gasteiger partial charge in [0.1, 0.15) is 0 Å². The molecule has 0 aromatic heterocycles. The molecule has 1 N–H and O–H groups in total. The Kier molecular flexibility index (Phi) is 6.22. The van der Waals surface area contributed by atoms with Crippen molar-refractivity contribution in [3.8, 4) is 0 Å². The van der Waals surface area contributed by atoms with Crippen LogP contribution in [0.1, 0.15) is 33.6 Å². The molecule has 1 rings (SSSR count). The van der Waals surface area contributed by atoms with E-state index in [0.29, 0.717) is 12.1 Å². The minimum absolute atomic E-state index is 0.462. The van der Waals surface area contributed by atoms with Crippen LogP contribution in [0.25, 0.3) is 0 Å². The molecule has 0 saturated carbocycles. The van der Waals surface area contributed by atoms with Gasteiger partial charge >= 0.3 is 0 Å². The summed E-state index contributed by atoms with van der Waals surface area (Å²) in [5.74, 6) is 0. The second kappa shape index (κ2) is 7.20. The van der Waals surface area contributed by atoms with Crippen molar-refractivity contribution >= 4 is 0 Å². The lowest BCUT2D eigenvalue weighted by atomic mass is 10.2. The number of hydrogen-bond donors (Lipinski definition) is 1. The Morgan fingerprint density at radius 1 is 1.40 bits per heavy atom. The summed E-state index contributed by atoms with van der Waals surface area (Å²) in [6.45, 7) is 12.1. The van der Waals surface area contributed by atoms with Gasteiger partial charge in [0.2, 0.25) is 0 Å². The van der Waals surface area contributed by atoms with Crippen molar-refractivity contribution in [2.24, 2.45) is 0 Å². The van der Waals surface area contributed by atoms with Gasteiger partial charge in [-0.25, -0.2) is 0 Å². The Morgan fingerprint density at radius 3 is 2.67 bits per heavy atom. The van der Waals surface area contributed by atoms with Crippen molar-refractivity contribution in [2.45, 2.75) is 45.8 Å². The summed E-state index contributed by atoms with van der Waals surface area (Å²) in [4.78, 5) is 2.45. The van der Waals surface area contributed by atoms with Crippen LogP contribution in [0.3, 0.4) is 0 Å². The van der Waals surface area contributed by atoms with Crippen LogP contribution in [0.2, 0.25) is 0 Å². The monoisotopic (exact) mass is 214 g/mol. The topological polar surface area (TPSA) is 24.5 Å². The second-order valence-electron chi connectivity index (χ2n) is 4.43. The zero-order chi connectivity index (χ0) is 11.1. The van der Waals surface area contributed by atoms with Gasteiger partial charge in [0.25, 0.3) is 0 Å². The van der Waals surface area contributed by atoms with E-state index in [9.17, 15) is 0 Å². The first-order valence-electron chi connectivity index (χ1n) is 6.33. The summed E-state index contributed by atoms with van der Waals surface area (Å²) < 4.78 is 5.58. The molecule has 1 unspecified atom stereocenters. The molecule has 0 aliphatic carbocycles. The molecular weight excluding hydrogens is 188 g/mol. The minimum atomic E-state index is 0.462. The van der Waals surface area contributed by atoms with Gasteiger partial charge in [-0.3, -0.25) is 0 Å². The lowest BCUT2D eigenvalue weighted by Gasteiger charge is -2.24. The molecule has 0 spiro atoms. The van der Waals surface area contributed by atoms with Crippen molar-refractivity contribution in [1.29, 1.82) is 0 Å². The van der Waals surface area contributed by atoms with Gasteiger partial charge in [-0.15, -0.1) is 0 Å². The quantitative estimate of drug-likeness (QED) is 0.695. The first-order valence-corrected chi connectivity index (χ1v) is 6.33. The molecule has 90 valence electrons. The summed E-state index contributed by atoms with van der Waals surface area (Å²) in [6, 6.07) is 0.564. The fraction of sp³-hybridized carbons (Fsp3) is 1.00. The Balaban J connectivity index is 2.08. The van der Waals surface area contributed by atoms with E-state index in [1.54, 1.807) is 0 Å². The molecule has 1 aliphatic heterocycles. The van der Waals surface area contributed by atoms with Crippen molar-refractivity contribution in [3.63, 3.8) is 0 Å². The van der Waals surface area contributed by atoms with Gasteiger partial charge in [-0.1, -0.05) is 13.8 Å². The molecule has 2 atom stereocenters. The molecule has 1 heterocycles. The maximum Gasteiger partial charge on any atom is 0.0700 e. The lowest BCUT2D eigenvalue weighted by Crippen LogP contribution is -2.41. The molecule has 0 bridgehead atoms. The third-order valence-electron chi connectivity index (χ3n) is 3.14. The zero-order valence-corrected chi connectivity index (χ0v) is 10.5. The number of ether oxygens (including phenoxy) is 1. The Labute approximate surface area is 94.2 Å². The van der Waals surface area contributed by atoms with Crippen LogP contribution < -0.4 is 5.32 Å². The van der Waals surface area contributed by atoms with Gasteiger partial charge < -0.3 is 15.0 Å². The molecule has 1 saturated heterocycles. The average Bonchev–Trinajstić information content (AvgIpc) is 2.75. The van der Waals surface area contributed by atoms with Gasteiger partial charge in [0.05, 0.1) is 6.10 Å². The van der Waals surface area contributed by atoms with Crippen molar-refractivity contribution in [2.75, 3.05) is 32.8 Å². The van der Waals surface area contributed by atoms with Crippen LogP contribution in [0.15, 0.2) is 0 Å². The average molecular weight is 214 g/mol. The number of nitrogens with zero attached hydrogens (tertiary/aromatic N) is 1. The van der Waals surface area contributed by atoms with E-state index in [4.69, 9.17) is 4.74 Å². The van der Waals surface area contributed by atoms with E-state index in [1.807, 2.05) is 0 Å². The number of nitrogens with one attached hydrogen (secondary N) is 1. The molecule has 3 heteroatoms. The van der Waals surface area contributed by atoms with E-state index in [-0.39, 0.29) is 0 Å². The highest BCUT2D eigenvalue weighted by atomic mass is 16.5. The Morgan fingerprint density at radius 2 is 2.13 bits per heavy atom. The number of likely N-dealkylation sites (N-methyl/N-ethyl adjacent to an activating group) is 1. The van der Waals surface area contributed by atoms with Gasteiger partial charge in [0, 0.05) is 25.7 Å². The summed E-state index contributed by atoms with van der Waals surface area (Å²) in [5.41, 5.74) is 0. The van der Waals surface area contributed by atoms with Crippen molar-refractivity contribution in [3.05, 3.63) is 0 Å². The SMILES string of the molecule is CCN(CC)CC(C)NC[C@H]1CCCO1. The van der Waals surface area contributed by atoms with Crippen LogP contribution in [0, 0.1) is 0 Å². The number of rotatable bonds is 7. The highest BCUT2D eigenvalue weighted by Crippen LogP contribution is 2.10. The third-order valence-corrected chi connectivity index (χ3v) is 3.14. The molecule has 15 heavy (non-hydrogen) atoms. The smallest absolute Gasteiger partial charge is 0.0700 e. The van der Waals surface area contributed by atoms with E-state index in [1.165, 1.54) is 12.8 Å². The lowest BCUT2D eigenvalue weighted by molar-refractivity contribution is 0.106. The highest BCUT2D eigenvalue weighted by molar-refractivity contribution is 4.72. The molecule has 0 aromatic rings. The van der Waals surface area contributed by atoms with Crippen molar-refractivity contribution < 1.29 is 4.74 Å². The maximum absolute atomic E-state index is 5.58. The maximum atomic E-state index is 5.58. The summed E-state index contributed by atoms with van der Waals surface area (Å²) in [7, 11) is 0. The first-order chi connectivity index (χ1) is 7.26. The van der Waals surface area contributed by atoms with E-state index in [2.05, 4.69) is 31.0 Å². The third kappa shape index (κ3) is 4.96. The van der Waals surface area contributed by atoms with E-state index >= 15 is 0 Å². The normalized spacial score (nSPS) is 23.6. The van der Waals surface area contributed by atoms with E-state index in [0.717, 1.165) is 32.8 Å². The summed E-state index contributed by atoms with van der Waals surface area (Å²) in [5, 5.41) is 3.56.